The van der Waals surface area contributed by atoms with Gasteiger partial charge < -0.3 is 9.84 Å². The van der Waals surface area contributed by atoms with Crippen LogP contribution in [0.2, 0.25) is 5.02 Å². The van der Waals surface area contributed by atoms with Gasteiger partial charge in [-0.15, -0.1) is 0 Å². The number of aliphatic hydroxyl groups excluding tert-OH is 1. The Kier molecular flexibility index (Phi) is 5.07. The summed E-state index contributed by atoms with van der Waals surface area (Å²) in [6, 6.07) is 3.67. The molecule has 1 aromatic rings. The van der Waals surface area contributed by atoms with Gasteiger partial charge in [0.05, 0.1) is 21.7 Å². The Morgan fingerprint density at radius 3 is 2.81 bits per heavy atom. The molecule has 0 saturated carbocycles. The Bertz CT molecular complexity index is 429. The van der Waals surface area contributed by atoms with Gasteiger partial charge in [0.25, 0.3) is 0 Å². The molecule has 0 radical (unpaired) electrons. The number of halogens is 2. The van der Waals surface area contributed by atoms with Gasteiger partial charge in [0.1, 0.15) is 11.8 Å². The summed E-state index contributed by atoms with van der Waals surface area (Å²) in [7, 11) is 0. The Labute approximate surface area is 108 Å². The Morgan fingerprint density at radius 2 is 2.31 bits per heavy atom. The molecule has 16 heavy (non-hydrogen) atoms. The van der Waals surface area contributed by atoms with E-state index in [-0.39, 0.29) is 6.61 Å². The zero-order chi connectivity index (χ0) is 12.1. The molecule has 3 nitrogen and oxygen atoms in total. The molecule has 0 unspecified atom stereocenters. The molecule has 0 aliphatic rings. The summed E-state index contributed by atoms with van der Waals surface area (Å²) in [5.74, 6) is 0.581. The summed E-state index contributed by atoms with van der Waals surface area (Å²) in [5.41, 5.74) is 1.15. The van der Waals surface area contributed by atoms with Gasteiger partial charge in [0.2, 0.25) is 0 Å². The minimum absolute atomic E-state index is 0.00867. The van der Waals surface area contributed by atoms with Crippen LogP contribution in [0.25, 0.3) is 0 Å². The van der Waals surface area contributed by atoms with Crippen molar-refractivity contribution in [1.82, 2.24) is 0 Å². The highest BCUT2D eigenvalue weighted by atomic mass is 79.9. The third-order valence-electron chi connectivity index (χ3n) is 2.03. The molecule has 0 aliphatic carbocycles. The van der Waals surface area contributed by atoms with Crippen LogP contribution in [0.4, 0.5) is 0 Å². The molecule has 0 heterocycles. The minimum atomic E-state index is 0.00867. The van der Waals surface area contributed by atoms with Crippen LogP contribution in [0.1, 0.15) is 18.1 Å². The van der Waals surface area contributed by atoms with Crippen LogP contribution >= 0.6 is 27.5 Å². The van der Waals surface area contributed by atoms with E-state index in [0.29, 0.717) is 33.8 Å². The summed E-state index contributed by atoms with van der Waals surface area (Å²) in [6.45, 7) is 2.36. The van der Waals surface area contributed by atoms with Gasteiger partial charge in [0.15, 0.2) is 0 Å². The van der Waals surface area contributed by atoms with Crippen LogP contribution in [0, 0.1) is 11.3 Å². The van der Waals surface area contributed by atoms with E-state index < -0.39 is 0 Å². The second-order valence-corrected chi connectivity index (χ2v) is 4.25. The second-order valence-electron chi connectivity index (χ2n) is 3.05. The van der Waals surface area contributed by atoms with Crippen LogP contribution in [0.15, 0.2) is 10.5 Å². The average Bonchev–Trinajstić information content (AvgIpc) is 2.24. The van der Waals surface area contributed by atoms with E-state index in [4.69, 9.17) is 26.7 Å². The summed E-state index contributed by atoms with van der Waals surface area (Å²) in [5, 5.41) is 18.2. The second kappa shape index (κ2) is 6.09. The molecular weight excluding hydrogens is 293 g/mol. The van der Waals surface area contributed by atoms with Gasteiger partial charge >= 0.3 is 0 Å². The Balaban J connectivity index is 3.34. The lowest BCUT2D eigenvalue weighted by molar-refractivity contribution is 0.292. The van der Waals surface area contributed by atoms with Crippen molar-refractivity contribution in [2.45, 2.75) is 13.3 Å². The molecule has 0 saturated heterocycles. The lowest BCUT2D eigenvalue weighted by Gasteiger charge is -2.13. The molecule has 0 atom stereocenters. The van der Waals surface area contributed by atoms with Crippen molar-refractivity contribution < 1.29 is 9.84 Å². The smallest absolute Gasteiger partial charge is 0.138 e. The molecule has 5 heteroatoms. The van der Waals surface area contributed by atoms with Crippen LogP contribution in [-0.4, -0.2) is 18.3 Å². The van der Waals surface area contributed by atoms with Crippen LogP contribution in [0.5, 0.6) is 5.75 Å². The SMILES string of the molecule is CCOc1c(CCO)cc(Cl)c(C#N)c1Br. The van der Waals surface area contributed by atoms with Gasteiger partial charge in [-0.3, -0.25) is 0 Å². The highest BCUT2D eigenvalue weighted by Crippen LogP contribution is 2.37. The fraction of sp³-hybridized carbons (Fsp3) is 0.364. The first kappa shape index (κ1) is 13.3. The quantitative estimate of drug-likeness (QED) is 0.930. The highest BCUT2D eigenvalue weighted by Gasteiger charge is 2.16. The van der Waals surface area contributed by atoms with Gasteiger partial charge in [-0.2, -0.15) is 5.26 Å². The molecule has 0 fully saturated rings. The maximum atomic E-state index is 8.94. The number of nitrogens with zero attached hydrogens (tertiary/aromatic N) is 1. The van der Waals surface area contributed by atoms with Crippen molar-refractivity contribution in [1.29, 1.82) is 5.26 Å². The third-order valence-corrected chi connectivity index (χ3v) is 3.09. The van der Waals surface area contributed by atoms with E-state index in [2.05, 4.69) is 15.9 Å². The van der Waals surface area contributed by atoms with E-state index >= 15 is 0 Å². The van der Waals surface area contributed by atoms with Gasteiger partial charge in [0, 0.05) is 6.61 Å². The maximum absolute atomic E-state index is 8.94. The summed E-state index contributed by atoms with van der Waals surface area (Å²) < 4.78 is 6.00. The monoisotopic (exact) mass is 303 g/mol. The van der Waals surface area contributed by atoms with E-state index in [9.17, 15) is 0 Å². The van der Waals surface area contributed by atoms with Crippen LogP contribution in [0.3, 0.4) is 0 Å². The molecule has 0 bridgehead atoms. The number of rotatable bonds is 4. The van der Waals surface area contributed by atoms with Crippen molar-refractivity contribution in [2.75, 3.05) is 13.2 Å². The maximum Gasteiger partial charge on any atom is 0.138 e. The first-order chi connectivity index (χ1) is 7.65. The lowest BCUT2D eigenvalue weighted by atomic mass is 10.1. The fourth-order valence-corrected chi connectivity index (χ4v) is 2.41. The lowest BCUT2D eigenvalue weighted by Crippen LogP contribution is -2.01. The van der Waals surface area contributed by atoms with Crippen molar-refractivity contribution >= 4 is 27.5 Å². The summed E-state index contributed by atoms with van der Waals surface area (Å²) in [4.78, 5) is 0. The molecule has 0 amide bonds. The molecule has 1 aromatic carbocycles. The summed E-state index contributed by atoms with van der Waals surface area (Å²) in [6.07, 6.45) is 0.444. The van der Waals surface area contributed by atoms with Crippen LogP contribution in [-0.2, 0) is 6.42 Å². The number of hydrogen-bond donors (Lipinski definition) is 1. The average molecular weight is 305 g/mol. The fourth-order valence-electron chi connectivity index (χ4n) is 1.36. The number of hydrogen-bond acceptors (Lipinski definition) is 3. The van der Waals surface area contributed by atoms with Gasteiger partial charge in [-0.05, 0) is 40.9 Å². The Hall–Kier alpha value is -0.760. The van der Waals surface area contributed by atoms with E-state index in [1.54, 1.807) is 6.07 Å². The highest BCUT2D eigenvalue weighted by molar-refractivity contribution is 9.10. The zero-order valence-electron chi connectivity index (χ0n) is 8.76. The van der Waals surface area contributed by atoms with E-state index in [1.807, 2.05) is 13.0 Å². The van der Waals surface area contributed by atoms with Gasteiger partial charge in [-0.25, -0.2) is 0 Å². The largest absolute Gasteiger partial charge is 0.492 e. The predicted molar refractivity (Wildman–Crippen MR) is 65.8 cm³/mol. The minimum Gasteiger partial charge on any atom is -0.492 e. The standard InChI is InChI=1S/C11H11BrClNO2/c1-2-16-11-7(3-4-15)5-9(13)8(6-14)10(11)12/h5,15H,2-4H2,1H3. The van der Waals surface area contributed by atoms with Crippen molar-refractivity contribution in [3.8, 4) is 11.8 Å². The third kappa shape index (κ3) is 2.67. The van der Waals surface area contributed by atoms with Crippen LogP contribution < -0.4 is 4.74 Å². The number of benzene rings is 1. The van der Waals surface area contributed by atoms with Crippen molar-refractivity contribution in [2.24, 2.45) is 0 Å². The molecule has 0 aliphatic heterocycles. The van der Waals surface area contributed by atoms with E-state index in [0.717, 1.165) is 5.56 Å². The molecule has 1 rings (SSSR count). The number of nitriles is 1. The van der Waals surface area contributed by atoms with E-state index in [1.165, 1.54) is 0 Å². The molecule has 1 N–H and O–H groups in total. The van der Waals surface area contributed by atoms with Gasteiger partial charge in [-0.1, -0.05) is 11.6 Å². The molecule has 86 valence electrons. The first-order valence-electron chi connectivity index (χ1n) is 4.80. The first-order valence-corrected chi connectivity index (χ1v) is 5.97. The summed E-state index contributed by atoms with van der Waals surface area (Å²) >= 11 is 9.25. The predicted octanol–water partition coefficient (Wildman–Crippen LogP) is 2.91. The Morgan fingerprint density at radius 1 is 1.62 bits per heavy atom. The normalized spacial score (nSPS) is 9.94. The molecular formula is C11H11BrClNO2. The number of ether oxygens (including phenoxy) is 1. The number of aliphatic hydroxyl groups is 1. The van der Waals surface area contributed by atoms with Crippen molar-refractivity contribution in [3.63, 3.8) is 0 Å². The molecule has 0 spiro atoms. The zero-order valence-corrected chi connectivity index (χ0v) is 11.1. The van der Waals surface area contributed by atoms with Crippen molar-refractivity contribution in [3.05, 3.63) is 26.7 Å². The molecule has 0 aromatic heterocycles. The topological polar surface area (TPSA) is 53.2 Å².